The number of hydrogen-bond donors (Lipinski definition) is 1. The predicted octanol–water partition coefficient (Wildman–Crippen LogP) is 3.55. The molecule has 19 heavy (non-hydrogen) atoms. The van der Waals surface area contributed by atoms with E-state index in [9.17, 15) is 4.39 Å². The van der Waals surface area contributed by atoms with Gasteiger partial charge < -0.3 is 5.32 Å². The second-order valence-corrected chi connectivity index (χ2v) is 6.74. The molecule has 2 atom stereocenters. The van der Waals surface area contributed by atoms with Crippen LogP contribution in [0.15, 0.2) is 22.7 Å². The lowest BCUT2D eigenvalue weighted by Gasteiger charge is -2.45. The highest BCUT2D eigenvalue weighted by atomic mass is 79.9. The van der Waals surface area contributed by atoms with E-state index < -0.39 is 0 Å². The molecule has 1 aromatic rings. The van der Waals surface area contributed by atoms with Crippen LogP contribution in [0.4, 0.5) is 4.39 Å². The van der Waals surface area contributed by atoms with Crippen molar-refractivity contribution in [2.24, 2.45) is 0 Å². The van der Waals surface area contributed by atoms with Crippen LogP contribution in [-0.2, 0) is 6.54 Å². The van der Waals surface area contributed by atoms with Gasteiger partial charge in [0.2, 0.25) is 0 Å². The van der Waals surface area contributed by atoms with Crippen molar-refractivity contribution in [2.45, 2.75) is 45.3 Å². The fourth-order valence-electron chi connectivity index (χ4n) is 2.57. The van der Waals surface area contributed by atoms with Gasteiger partial charge in [0, 0.05) is 35.7 Å². The Labute approximate surface area is 123 Å². The molecule has 0 spiro atoms. The van der Waals surface area contributed by atoms with Crippen molar-refractivity contribution in [3.8, 4) is 0 Å². The smallest absolute Gasteiger partial charge is 0.124 e. The first-order chi connectivity index (χ1) is 8.92. The Balaban J connectivity index is 2.12. The van der Waals surface area contributed by atoms with Crippen molar-refractivity contribution in [1.82, 2.24) is 10.2 Å². The van der Waals surface area contributed by atoms with Gasteiger partial charge in [0.25, 0.3) is 0 Å². The average molecular weight is 329 g/mol. The van der Waals surface area contributed by atoms with Gasteiger partial charge in [-0.15, -0.1) is 0 Å². The molecule has 4 heteroatoms. The lowest BCUT2D eigenvalue weighted by Crippen LogP contribution is -2.61. The molecule has 1 aliphatic rings. The number of nitrogens with one attached hydrogen (secondary N) is 1. The lowest BCUT2D eigenvalue weighted by molar-refractivity contribution is 0.0865. The van der Waals surface area contributed by atoms with E-state index in [1.165, 1.54) is 6.07 Å². The molecule has 1 aromatic carbocycles. The van der Waals surface area contributed by atoms with E-state index >= 15 is 0 Å². The van der Waals surface area contributed by atoms with E-state index in [0.29, 0.717) is 6.04 Å². The van der Waals surface area contributed by atoms with Gasteiger partial charge in [-0.1, -0.05) is 22.9 Å². The van der Waals surface area contributed by atoms with Gasteiger partial charge in [0.15, 0.2) is 0 Å². The maximum absolute atomic E-state index is 13.4. The Morgan fingerprint density at radius 3 is 2.84 bits per heavy atom. The first-order valence-electron chi connectivity index (χ1n) is 6.86. The summed E-state index contributed by atoms with van der Waals surface area (Å²) in [5, 5.41) is 3.61. The van der Waals surface area contributed by atoms with Crippen LogP contribution in [-0.4, -0.2) is 29.6 Å². The molecule has 2 nitrogen and oxygen atoms in total. The highest BCUT2D eigenvalue weighted by molar-refractivity contribution is 9.10. The third-order valence-electron chi connectivity index (χ3n) is 4.09. The SMILES string of the molecule is CCC1(C)CN(Cc2cc(F)cc(Br)c2)C(C)CN1. The zero-order valence-corrected chi connectivity index (χ0v) is 13.4. The average Bonchev–Trinajstić information content (AvgIpc) is 2.33. The van der Waals surface area contributed by atoms with E-state index in [1.54, 1.807) is 6.07 Å². The number of hydrogen-bond acceptors (Lipinski definition) is 2. The van der Waals surface area contributed by atoms with Crippen LogP contribution in [0.2, 0.25) is 0 Å². The minimum atomic E-state index is -0.176. The fourth-order valence-corrected chi connectivity index (χ4v) is 3.08. The second kappa shape index (κ2) is 5.90. The zero-order chi connectivity index (χ0) is 14.0. The summed E-state index contributed by atoms with van der Waals surface area (Å²) in [6.45, 7) is 9.47. The number of halogens is 2. The molecular formula is C15H22BrFN2. The van der Waals surface area contributed by atoms with Crippen molar-refractivity contribution in [3.63, 3.8) is 0 Å². The molecule has 0 bridgehead atoms. The Morgan fingerprint density at radius 2 is 2.21 bits per heavy atom. The third kappa shape index (κ3) is 3.77. The number of piperazine rings is 1. The molecule has 0 saturated carbocycles. The summed E-state index contributed by atoms with van der Waals surface area (Å²) in [4.78, 5) is 2.43. The van der Waals surface area contributed by atoms with Crippen molar-refractivity contribution in [2.75, 3.05) is 13.1 Å². The van der Waals surface area contributed by atoms with E-state index in [-0.39, 0.29) is 11.4 Å². The van der Waals surface area contributed by atoms with Crippen LogP contribution in [0, 0.1) is 5.82 Å². The van der Waals surface area contributed by atoms with Gasteiger partial charge in [-0.05, 0) is 44.0 Å². The van der Waals surface area contributed by atoms with Crippen LogP contribution in [0.5, 0.6) is 0 Å². The topological polar surface area (TPSA) is 15.3 Å². The van der Waals surface area contributed by atoms with Gasteiger partial charge in [-0.3, -0.25) is 4.90 Å². The molecule has 0 aliphatic carbocycles. The summed E-state index contributed by atoms with van der Waals surface area (Å²) in [6, 6.07) is 5.60. The van der Waals surface area contributed by atoms with Crippen molar-refractivity contribution >= 4 is 15.9 Å². The van der Waals surface area contributed by atoms with Crippen molar-refractivity contribution < 1.29 is 4.39 Å². The summed E-state index contributed by atoms with van der Waals surface area (Å²) in [5.41, 5.74) is 1.19. The van der Waals surface area contributed by atoms with Crippen LogP contribution in [0.25, 0.3) is 0 Å². The van der Waals surface area contributed by atoms with Crippen molar-refractivity contribution in [1.29, 1.82) is 0 Å². The molecule has 1 fully saturated rings. The van der Waals surface area contributed by atoms with E-state index in [2.05, 4.69) is 46.9 Å². The van der Waals surface area contributed by atoms with Gasteiger partial charge in [-0.2, -0.15) is 0 Å². The Bertz CT molecular complexity index is 432. The van der Waals surface area contributed by atoms with Crippen LogP contribution in [0.1, 0.15) is 32.8 Å². The molecule has 1 heterocycles. The summed E-state index contributed by atoms with van der Waals surface area (Å²) < 4.78 is 14.2. The van der Waals surface area contributed by atoms with Crippen LogP contribution >= 0.6 is 15.9 Å². The monoisotopic (exact) mass is 328 g/mol. The summed E-state index contributed by atoms with van der Waals surface area (Å²) in [6.07, 6.45) is 1.10. The molecule has 0 amide bonds. The number of nitrogens with zero attached hydrogens (tertiary/aromatic N) is 1. The molecule has 106 valence electrons. The molecule has 1 N–H and O–H groups in total. The molecular weight excluding hydrogens is 307 g/mol. The lowest BCUT2D eigenvalue weighted by atomic mass is 9.93. The second-order valence-electron chi connectivity index (χ2n) is 5.83. The minimum Gasteiger partial charge on any atom is -0.309 e. The van der Waals surface area contributed by atoms with Gasteiger partial charge >= 0.3 is 0 Å². The van der Waals surface area contributed by atoms with Crippen LogP contribution in [0.3, 0.4) is 0 Å². The molecule has 1 saturated heterocycles. The predicted molar refractivity (Wildman–Crippen MR) is 80.7 cm³/mol. The molecule has 0 aromatic heterocycles. The summed E-state index contributed by atoms with van der Waals surface area (Å²) in [7, 11) is 0. The Morgan fingerprint density at radius 1 is 1.47 bits per heavy atom. The highest BCUT2D eigenvalue weighted by Gasteiger charge is 2.32. The first-order valence-corrected chi connectivity index (χ1v) is 7.65. The highest BCUT2D eigenvalue weighted by Crippen LogP contribution is 2.22. The third-order valence-corrected chi connectivity index (χ3v) is 4.55. The first kappa shape index (κ1) is 14.9. The quantitative estimate of drug-likeness (QED) is 0.912. The van der Waals surface area contributed by atoms with Crippen molar-refractivity contribution in [3.05, 3.63) is 34.1 Å². The standard InChI is InChI=1S/C15H22BrFN2/c1-4-15(3)10-19(11(2)8-18-15)9-12-5-13(16)7-14(17)6-12/h5-7,11,18H,4,8-10H2,1-3H3. The van der Waals surface area contributed by atoms with E-state index in [0.717, 1.165) is 36.1 Å². The summed E-state index contributed by atoms with van der Waals surface area (Å²) in [5.74, 6) is -0.176. The van der Waals surface area contributed by atoms with E-state index in [1.807, 2.05) is 6.07 Å². The Hall–Kier alpha value is -0.450. The molecule has 1 aliphatic heterocycles. The number of benzene rings is 1. The zero-order valence-electron chi connectivity index (χ0n) is 11.8. The Kier molecular flexibility index (Phi) is 4.64. The minimum absolute atomic E-state index is 0.164. The van der Waals surface area contributed by atoms with Gasteiger partial charge in [0.05, 0.1) is 0 Å². The van der Waals surface area contributed by atoms with E-state index in [4.69, 9.17) is 0 Å². The maximum Gasteiger partial charge on any atom is 0.124 e. The fraction of sp³-hybridized carbons (Fsp3) is 0.600. The summed E-state index contributed by atoms with van der Waals surface area (Å²) >= 11 is 3.36. The number of rotatable bonds is 3. The molecule has 0 radical (unpaired) electrons. The largest absolute Gasteiger partial charge is 0.309 e. The van der Waals surface area contributed by atoms with Gasteiger partial charge in [-0.25, -0.2) is 4.39 Å². The van der Waals surface area contributed by atoms with Crippen LogP contribution < -0.4 is 5.32 Å². The molecule has 2 unspecified atom stereocenters. The molecule has 2 rings (SSSR count). The van der Waals surface area contributed by atoms with Gasteiger partial charge in [0.1, 0.15) is 5.82 Å². The maximum atomic E-state index is 13.4. The normalized spacial score (nSPS) is 28.6.